The van der Waals surface area contributed by atoms with Gasteiger partial charge < -0.3 is 15.0 Å². The Morgan fingerprint density at radius 1 is 1.62 bits per heavy atom. The molecule has 2 atom stereocenters. The Morgan fingerprint density at radius 2 is 2.31 bits per heavy atom. The van der Waals surface area contributed by atoms with E-state index in [9.17, 15) is 4.79 Å². The first kappa shape index (κ1) is 13.5. The molecule has 0 aliphatic carbocycles. The number of likely N-dealkylation sites (tertiary alicyclic amines) is 1. The van der Waals surface area contributed by atoms with Crippen LogP contribution in [0, 0.1) is 0 Å². The van der Waals surface area contributed by atoms with Crippen LogP contribution in [0.1, 0.15) is 33.1 Å². The lowest BCUT2D eigenvalue weighted by Crippen LogP contribution is -2.51. The van der Waals surface area contributed by atoms with Gasteiger partial charge in [-0.1, -0.05) is 6.92 Å². The van der Waals surface area contributed by atoms with Crippen molar-refractivity contribution in [3.05, 3.63) is 0 Å². The van der Waals surface area contributed by atoms with E-state index in [-0.39, 0.29) is 5.91 Å². The summed E-state index contributed by atoms with van der Waals surface area (Å²) >= 11 is 0. The van der Waals surface area contributed by atoms with E-state index in [0.29, 0.717) is 12.5 Å². The second-order valence-electron chi connectivity index (χ2n) is 4.64. The Balaban J connectivity index is 2.72. The third-order valence-electron chi connectivity index (χ3n) is 3.66. The van der Waals surface area contributed by atoms with E-state index in [2.05, 4.69) is 5.32 Å². The smallest absolute Gasteiger partial charge is 0.254 e. The third kappa shape index (κ3) is 2.55. The van der Waals surface area contributed by atoms with Crippen molar-refractivity contribution >= 4 is 5.91 Å². The zero-order valence-electron chi connectivity index (χ0n) is 10.9. The molecule has 1 fully saturated rings. The predicted molar refractivity (Wildman–Crippen MR) is 64.4 cm³/mol. The van der Waals surface area contributed by atoms with Gasteiger partial charge >= 0.3 is 0 Å². The van der Waals surface area contributed by atoms with Crippen molar-refractivity contribution in [1.82, 2.24) is 10.2 Å². The molecule has 16 heavy (non-hydrogen) atoms. The predicted octanol–water partition coefficient (Wildman–Crippen LogP) is 1.01. The van der Waals surface area contributed by atoms with Crippen LogP contribution in [0.3, 0.4) is 0 Å². The molecule has 0 spiro atoms. The number of ether oxygens (including phenoxy) is 1. The molecule has 0 saturated carbocycles. The number of methoxy groups -OCH3 is 1. The van der Waals surface area contributed by atoms with Crippen LogP contribution >= 0.6 is 0 Å². The van der Waals surface area contributed by atoms with E-state index >= 15 is 0 Å². The quantitative estimate of drug-likeness (QED) is 0.763. The average Bonchev–Trinajstić information content (AvgIpc) is 2.75. The monoisotopic (exact) mass is 228 g/mol. The van der Waals surface area contributed by atoms with Gasteiger partial charge in [-0.25, -0.2) is 0 Å². The lowest BCUT2D eigenvalue weighted by atomic mass is 10.0. The molecule has 0 radical (unpaired) electrons. The minimum atomic E-state index is -0.656. The van der Waals surface area contributed by atoms with Crippen LogP contribution in [0.25, 0.3) is 0 Å². The van der Waals surface area contributed by atoms with Gasteiger partial charge in [0, 0.05) is 26.2 Å². The normalized spacial score (nSPS) is 24.5. The SMILES string of the molecule is CCC(C)(OC)C(=O)N1CCCC1CNC. The number of carbonyl (C=O) groups excluding carboxylic acids is 1. The highest BCUT2D eigenvalue weighted by Gasteiger charge is 2.39. The van der Waals surface area contributed by atoms with Crippen molar-refractivity contribution in [3.63, 3.8) is 0 Å². The van der Waals surface area contributed by atoms with Gasteiger partial charge in [0.2, 0.25) is 0 Å². The molecule has 1 heterocycles. The summed E-state index contributed by atoms with van der Waals surface area (Å²) in [4.78, 5) is 14.4. The maximum absolute atomic E-state index is 12.4. The first-order valence-electron chi connectivity index (χ1n) is 6.10. The molecule has 4 heteroatoms. The number of amides is 1. The summed E-state index contributed by atoms with van der Waals surface area (Å²) < 4.78 is 5.38. The lowest BCUT2D eigenvalue weighted by Gasteiger charge is -2.34. The van der Waals surface area contributed by atoms with E-state index in [1.54, 1.807) is 7.11 Å². The standard InChI is InChI=1S/C12H24N2O2/c1-5-12(2,16-4)11(15)14-8-6-7-10(14)9-13-3/h10,13H,5-9H2,1-4H3. The minimum Gasteiger partial charge on any atom is -0.369 e. The second kappa shape index (κ2) is 5.64. The Hall–Kier alpha value is -0.610. The fourth-order valence-corrected chi connectivity index (χ4v) is 2.24. The molecule has 4 nitrogen and oxygen atoms in total. The molecule has 0 aromatic heterocycles. The molecule has 1 aliphatic rings. The molecule has 1 saturated heterocycles. The zero-order valence-corrected chi connectivity index (χ0v) is 10.9. The summed E-state index contributed by atoms with van der Waals surface area (Å²) in [7, 11) is 3.54. The van der Waals surface area contributed by atoms with Crippen LogP contribution in [0.15, 0.2) is 0 Å². The van der Waals surface area contributed by atoms with Gasteiger partial charge in [0.1, 0.15) is 5.60 Å². The molecule has 0 bridgehead atoms. The van der Waals surface area contributed by atoms with Crippen LogP contribution in [0.2, 0.25) is 0 Å². The number of hydrogen-bond donors (Lipinski definition) is 1. The Kier molecular flexibility index (Phi) is 4.74. The number of hydrogen-bond acceptors (Lipinski definition) is 3. The van der Waals surface area contributed by atoms with Crippen molar-refractivity contribution in [2.45, 2.75) is 44.8 Å². The number of likely N-dealkylation sites (N-methyl/N-ethyl adjacent to an activating group) is 1. The summed E-state index contributed by atoms with van der Waals surface area (Å²) in [5.41, 5.74) is -0.656. The summed E-state index contributed by atoms with van der Waals surface area (Å²) in [5.74, 6) is 0.134. The third-order valence-corrected chi connectivity index (χ3v) is 3.66. The van der Waals surface area contributed by atoms with Gasteiger partial charge in [-0.3, -0.25) is 4.79 Å². The number of carbonyl (C=O) groups is 1. The first-order chi connectivity index (χ1) is 7.59. The lowest BCUT2D eigenvalue weighted by molar-refractivity contribution is -0.154. The van der Waals surface area contributed by atoms with Crippen molar-refractivity contribution in [3.8, 4) is 0 Å². The number of nitrogens with one attached hydrogen (secondary N) is 1. The zero-order chi connectivity index (χ0) is 12.2. The molecular formula is C12H24N2O2. The highest BCUT2D eigenvalue weighted by atomic mass is 16.5. The largest absolute Gasteiger partial charge is 0.369 e. The van der Waals surface area contributed by atoms with Gasteiger partial charge in [0.05, 0.1) is 0 Å². The summed E-state index contributed by atoms with van der Waals surface area (Å²) in [5, 5.41) is 3.15. The highest BCUT2D eigenvalue weighted by Crippen LogP contribution is 2.24. The van der Waals surface area contributed by atoms with Gasteiger partial charge in [-0.2, -0.15) is 0 Å². The van der Waals surface area contributed by atoms with Crippen LogP contribution in [-0.2, 0) is 9.53 Å². The topological polar surface area (TPSA) is 41.6 Å². The Bertz CT molecular complexity index is 239. The van der Waals surface area contributed by atoms with Crippen LogP contribution < -0.4 is 5.32 Å². The van der Waals surface area contributed by atoms with Gasteiger partial charge in [-0.05, 0) is 33.2 Å². The van der Waals surface area contributed by atoms with E-state index < -0.39 is 5.60 Å². The van der Waals surface area contributed by atoms with E-state index in [1.165, 1.54) is 0 Å². The molecule has 0 aromatic carbocycles. The molecule has 1 N–H and O–H groups in total. The second-order valence-corrected chi connectivity index (χ2v) is 4.64. The summed E-state index contributed by atoms with van der Waals surface area (Å²) in [6.07, 6.45) is 2.91. The van der Waals surface area contributed by atoms with E-state index in [1.807, 2.05) is 25.8 Å². The van der Waals surface area contributed by atoms with Crippen molar-refractivity contribution in [2.75, 3.05) is 27.2 Å². The number of rotatable bonds is 5. The van der Waals surface area contributed by atoms with E-state index in [0.717, 1.165) is 25.9 Å². The molecular weight excluding hydrogens is 204 g/mol. The average molecular weight is 228 g/mol. The minimum absolute atomic E-state index is 0.134. The summed E-state index contributed by atoms with van der Waals surface area (Å²) in [6, 6.07) is 0.332. The molecule has 94 valence electrons. The number of nitrogens with zero attached hydrogens (tertiary/aromatic N) is 1. The van der Waals surface area contributed by atoms with Gasteiger partial charge in [0.25, 0.3) is 5.91 Å². The van der Waals surface area contributed by atoms with Crippen LogP contribution in [0.5, 0.6) is 0 Å². The van der Waals surface area contributed by atoms with E-state index in [4.69, 9.17) is 4.74 Å². The maximum Gasteiger partial charge on any atom is 0.254 e. The first-order valence-corrected chi connectivity index (χ1v) is 6.10. The highest BCUT2D eigenvalue weighted by molar-refractivity contribution is 5.85. The van der Waals surface area contributed by atoms with Crippen molar-refractivity contribution in [1.29, 1.82) is 0 Å². The summed E-state index contributed by atoms with van der Waals surface area (Å²) in [6.45, 7) is 5.61. The molecule has 1 amide bonds. The Labute approximate surface area is 98.3 Å². The molecule has 1 rings (SSSR count). The molecule has 1 aliphatic heterocycles. The van der Waals surface area contributed by atoms with Gasteiger partial charge in [-0.15, -0.1) is 0 Å². The van der Waals surface area contributed by atoms with Gasteiger partial charge in [0.15, 0.2) is 0 Å². The molecule has 0 aromatic rings. The van der Waals surface area contributed by atoms with Crippen molar-refractivity contribution in [2.24, 2.45) is 0 Å². The van der Waals surface area contributed by atoms with Crippen molar-refractivity contribution < 1.29 is 9.53 Å². The van der Waals surface area contributed by atoms with Crippen LogP contribution in [-0.4, -0.2) is 49.7 Å². The molecule has 2 unspecified atom stereocenters. The van der Waals surface area contributed by atoms with Crippen LogP contribution in [0.4, 0.5) is 0 Å². The Morgan fingerprint density at radius 3 is 2.81 bits per heavy atom. The maximum atomic E-state index is 12.4. The fraction of sp³-hybridized carbons (Fsp3) is 0.917. The fourth-order valence-electron chi connectivity index (χ4n) is 2.24.